The van der Waals surface area contributed by atoms with Crippen LogP contribution in [0.15, 0.2) is 54.6 Å². The van der Waals surface area contributed by atoms with E-state index in [1.54, 1.807) is 18.5 Å². The van der Waals surface area contributed by atoms with Gasteiger partial charge in [0.05, 0.1) is 11.1 Å². The molecule has 0 bridgehead atoms. The minimum absolute atomic E-state index is 0.114. The number of carbonyl (C=O) groups is 1. The summed E-state index contributed by atoms with van der Waals surface area (Å²) in [6.45, 7) is 3.90. The van der Waals surface area contributed by atoms with Crippen LogP contribution in [0.3, 0.4) is 0 Å². The van der Waals surface area contributed by atoms with Crippen LogP contribution >= 0.6 is 0 Å². The lowest BCUT2D eigenvalue weighted by atomic mass is 9.98. The van der Waals surface area contributed by atoms with E-state index < -0.39 is 0 Å². The van der Waals surface area contributed by atoms with Gasteiger partial charge in [-0.15, -0.1) is 0 Å². The lowest BCUT2D eigenvalue weighted by molar-refractivity contribution is 0.0871. The van der Waals surface area contributed by atoms with E-state index in [1.165, 1.54) is 0 Å². The average molecular weight is 428 g/mol. The number of ketones is 1. The van der Waals surface area contributed by atoms with E-state index in [-0.39, 0.29) is 12.6 Å². The molecule has 7 nitrogen and oxygen atoms in total. The second-order valence-electron chi connectivity index (χ2n) is 8.05. The fourth-order valence-corrected chi connectivity index (χ4v) is 4.29. The molecule has 3 aliphatic rings. The van der Waals surface area contributed by atoms with Crippen LogP contribution in [0.5, 0.6) is 23.0 Å². The van der Waals surface area contributed by atoms with E-state index in [0.717, 1.165) is 39.5 Å². The molecule has 0 unspecified atom stereocenters. The van der Waals surface area contributed by atoms with Crippen LogP contribution < -0.4 is 18.9 Å². The number of hydrogen-bond acceptors (Lipinski definition) is 7. The highest BCUT2D eigenvalue weighted by Gasteiger charge is 2.35. The number of carbonyl (C=O) groups excluding carboxylic acids is 1. The summed E-state index contributed by atoms with van der Waals surface area (Å²) < 4.78 is 23.0. The molecule has 0 radical (unpaired) electrons. The first-order valence-electron chi connectivity index (χ1n) is 10.4. The van der Waals surface area contributed by atoms with Crippen LogP contribution in [0.4, 0.5) is 0 Å². The van der Waals surface area contributed by atoms with Crippen molar-refractivity contribution < 1.29 is 23.7 Å². The SMILES string of the molecule is Cc1cc2c(c3c1C(=O)/C(=C/c1cccnc1)O3)CN(Cc1ccc3c(c1)OCO3)CO2. The van der Waals surface area contributed by atoms with Gasteiger partial charge < -0.3 is 18.9 Å². The number of ether oxygens (including phenoxy) is 4. The third kappa shape index (κ3) is 3.18. The molecular weight excluding hydrogens is 408 g/mol. The molecule has 160 valence electrons. The molecular formula is C25H20N2O5. The minimum atomic E-state index is -0.114. The van der Waals surface area contributed by atoms with Crippen molar-refractivity contribution in [2.75, 3.05) is 13.5 Å². The van der Waals surface area contributed by atoms with Crippen LogP contribution in [-0.4, -0.2) is 29.2 Å². The van der Waals surface area contributed by atoms with Gasteiger partial charge in [0, 0.05) is 25.5 Å². The molecule has 3 aromatic rings. The molecule has 0 fully saturated rings. The van der Waals surface area contributed by atoms with Gasteiger partial charge in [-0.1, -0.05) is 12.1 Å². The number of aryl methyl sites for hydroxylation is 1. The number of nitrogens with zero attached hydrogens (tertiary/aromatic N) is 2. The zero-order valence-corrected chi connectivity index (χ0v) is 17.5. The Kier molecular flexibility index (Phi) is 4.36. The molecule has 3 aliphatic heterocycles. The summed E-state index contributed by atoms with van der Waals surface area (Å²) in [5.41, 5.74) is 4.26. The minimum Gasteiger partial charge on any atom is -0.478 e. The van der Waals surface area contributed by atoms with E-state index in [0.29, 0.717) is 36.9 Å². The van der Waals surface area contributed by atoms with Crippen molar-refractivity contribution in [2.24, 2.45) is 0 Å². The molecule has 0 N–H and O–H groups in total. The Morgan fingerprint density at radius 3 is 2.88 bits per heavy atom. The lowest BCUT2D eigenvalue weighted by Crippen LogP contribution is -2.31. The van der Waals surface area contributed by atoms with Gasteiger partial charge in [0.1, 0.15) is 18.2 Å². The smallest absolute Gasteiger partial charge is 0.232 e. The van der Waals surface area contributed by atoms with Crippen molar-refractivity contribution in [3.63, 3.8) is 0 Å². The Morgan fingerprint density at radius 2 is 2.00 bits per heavy atom. The Morgan fingerprint density at radius 1 is 1.09 bits per heavy atom. The van der Waals surface area contributed by atoms with E-state index in [4.69, 9.17) is 18.9 Å². The average Bonchev–Trinajstić information content (AvgIpc) is 3.40. The first kappa shape index (κ1) is 18.9. The number of aromatic nitrogens is 1. The van der Waals surface area contributed by atoms with Crippen LogP contribution in [0.25, 0.3) is 6.08 Å². The summed E-state index contributed by atoms with van der Waals surface area (Å²) in [6, 6.07) is 11.6. The molecule has 32 heavy (non-hydrogen) atoms. The fraction of sp³-hybridized carbons (Fsp3) is 0.200. The molecule has 0 saturated carbocycles. The highest BCUT2D eigenvalue weighted by molar-refractivity contribution is 6.15. The second kappa shape index (κ2) is 7.39. The first-order valence-corrected chi connectivity index (χ1v) is 10.4. The summed E-state index contributed by atoms with van der Waals surface area (Å²) in [4.78, 5) is 19.4. The molecule has 0 atom stereocenters. The van der Waals surface area contributed by atoms with Gasteiger partial charge >= 0.3 is 0 Å². The van der Waals surface area contributed by atoms with Crippen LogP contribution in [-0.2, 0) is 13.1 Å². The van der Waals surface area contributed by atoms with Gasteiger partial charge in [0.2, 0.25) is 12.6 Å². The van der Waals surface area contributed by atoms with Gasteiger partial charge in [-0.2, -0.15) is 0 Å². The number of rotatable bonds is 3. The standard InChI is InChI=1S/C25H20N2O5/c1-15-7-20-18(25-23(15)24(28)22(32-25)8-16-3-2-6-26-10-16)12-27(13-29-20)11-17-4-5-19-21(9-17)31-14-30-19/h2-10H,11-14H2,1H3/b22-8-. The van der Waals surface area contributed by atoms with Crippen LogP contribution in [0.2, 0.25) is 0 Å². The Hall–Kier alpha value is -3.84. The molecule has 0 spiro atoms. The Balaban J connectivity index is 1.29. The number of Topliss-reactive ketones (excluding diaryl/α,β-unsaturated/α-hetero) is 1. The van der Waals surface area contributed by atoms with E-state index in [1.807, 2.05) is 43.3 Å². The lowest BCUT2D eigenvalue weighted by Gasteiger charge is -2.30. The topological polar surface area (TPSA) is 70.1 Å². The quantitative estimate of drug-likeness (QED) is 0.582. The third-order valence-electron chi connectivity index (χ3n) is 5.81. The molecule has 0 saturated heterocycles. The highest BCUT2D eigenvalue weighted by atomic mass is 16.7. The van der Waals surface area contributed by atoms with E-state index >= 15 is 0 Å². The Bertz CT molecular complexity index is 1270. The molecule has 1 aromatic heterocycles. The van der Waals surface area contributed by atoms with Crippen LogP contribution in [0.1, 0.15) is 32.6 Å². The number of hydrogen-bond donors (Lipinski definition) is 0. The van der Waals surface area contributed by atoms with E-state index in [2.05, 4.69) is 9.88 Å². The van der Waals surface area contributed by atoms with E-state index in [9.17, 15) is 4.79 Å². The monoisotopic (exact) mass is 428 g/mol. The van der Waals surface area contributed by atoms with Crippen LogP contribution in [0, 0.1) is 6.92 Å². The van der Waals surface area contributed by atoms with Crippen molar-refractivity contribution in [3.8, 4) is 23.0 Å². The Labute approximate surface area is 184 Å². The second-order valence-corrected chi connectivity index (χ2v) is 8.05. The largest absolute Gasteiger partial charge is 0.478 e. The maximum absolute atomic E-state index is 13.1. The number of benzene rings is 2. The van der Waals surface area contributed by atoms with Crippen molar-refractivity contribution in [1.82, 2.24) is 9.88 Å². The van der Waals surface area contributed by atoms with Crippen molar-refractivity contribution in [3.05, 3.63) is 82.4 Å². The van der Waals surface area contributed by atoms with Crippen molar-refractivity contribution in [2.45, 2.75) is 20.0 Å². The predicted octanol–water partition coefficient (Wildman–Crippen LogP) is 4.09. The van der Waals surface area contributed by atoms with Gasteiger partial charge in [0.15, 0.2) is 17.3 Å². The molecule has 0 amide bonds. The summed E-state index contributed by atoms with van der Waals surface area (Å²) >= 11 is 0. The highest BCUT2D eigenvalue weighted by Crippen LogP contribution is 2.44. The summed E-state index contributed by atoms with van der Waals surface area (Å²) in [5, 5.41) is 0. The zero-order valence-electron chi connectivity index (χ0n) is 17.5. The zero-order chi connectivity index (χ0) is 21.7. The molecule has 4 heterocycles. The van der Waals surface area contributed by atoms with Gasteiger partial charge in [-0.3, -0.25) is 14.7 Å². The normalized spacial score (nSPS) is 17.7. The van der Waals surface area contributed by atoms with Crippen molar-refractivity contribution in [1.29, 1.82) is 0 Å². The predicted molar refractivity (Wildman–Crippen MR) is 116 cm³/mol. The van der Waals surface area contributed by atoms with Gasteiger partial charge in [-0.05, 0) is 54.0 Å². The molecule has 7 heteroatoms. The first-order chi connectivity index (χ1) is 15.7. The third-order valence-corrected chi connectivity index (χ3v) is 5.81. The maximum Gasteiger partial charge on any atom is 0.232 e. The summed E-state index contributed by atoms with van der Waals surface area (Å²) in [5.74, 6) is 3.07. The number of fused-ring (bicyclic) bond motifs is 4. The van der Waals surface area contributed by atoms with Gasteiger partial charge in [0.25, 0.3) is 0 Å². The summed E-state index contributed by atoms with van der Waals surface area (Å²) in [6.07, 6.45) is 5.13. The summed E-state index contributed by atoms with van der Waals surface area (Å²) in [7, 11) is 0. The number of allylic oxidation sites excluding steroid dienone is 1. The van der Waals surface area contributed by atoms with Gasteiger partial charge in [-0.25, -0.2) is 0 Å². The van der Waals surface area contributed by atoms with Crippen molar-refractivity contribution >= 4 is 11.9 Å². The maximum atomic E-state index is 13.1. The fourth-order valence-electron chi connectivity index (χ4n) is 4.29. The molecule has 0 aliphatic carbocycles. The number of pyridine rings is 1. The molecule has 6 rings (SSSR count). The molecule has 2 aromatic carbocycles.